The number of anilines is 2. The molecule has 134 valence electrons. The fourth-order valence-electron chi connectivity index (χ4n) is 2.86. The van der Waals surface area contributed by atoms with Crippen LogP contribution in [-0.2, 0) is 11.8 Å². The molecule has 3 rings (SSSR count). The van der Waals surface area contributed by atoms with Crippen LogP contribution in [0.1, 0.15) is 17.4 Å². The number of fused-ring (bicyclic) bond motifs is 1. The van der Waals surface area contributed by atoms with E-state index in [2.05, 4.69) is 26.6 Å². The van der Waals surface area contributed by atoms with E-state index in [1.165, 1.54) is 14.0 Å². The van der Waals surface area contributed by atoms with E-state index in [4.69, 9.17) is 4.74 Å². The van der Waals surface area contributed by atoms with Crippen molar-refractivity contribution in [1.29, 1.82) is 0 Å². The monoisotopic (exact) mass is 415 g/mol. The fraction of sp³-hybridized carbons (Fsp3) is 0.158. The number of methoxy groups -OCH3 is 1. The van der Waals surface area contributed by atoms with Crippen molar-refractivity contribution in [2.45, 2.75) is 6.92 Å². The summed E-state index contributed by atoms with van der Waals surface area (Å²) in [7, 11) is 3.37. The Morgan fingerprint density at radius 2 is 1.85 bits per heavy atom. The first-order valence-electron chi connectivity index (χ1n) is 7.92. The molecule has 0 aliphatic heterocycles. The van der Waals surface area contributed by atoms with Gasteiger partial charge in [-0.15, -0.1) is 0 Å². The molecule has 0 spiro atoms. The van der Waals surface area contributed by atoms with Crippen LogP contribution in [-0.4, -0.2) is 23.5 Å². The van der Waals surface area contributed by atoms with Crippen molar-refractivity contribution in [3.8, 4) is 5.75 Å². The van der Waals surface area contributed by atoms with E-state index < -0.39 is 0 Å². The molecule has 7 heteroatoms. The lowest BCUT2D eigenvalue weighted by molar-refractivity contribution is -0.114. The summed E-state index contributed by atoms with van der Waals surface area (Å²) >= 11 is 3.53. The van der Waals surface area contributed by atoms with Gasteiger partial charge in [0, 0.05) is 30.6 Å². The Morgan fingerprint density at radius 1 is 1.12 bits per heavy atom. The van der Waals surface area contributed by atoms with Crippen LogP contribution in [0.15, 0.2) is 46.9 Å². The number of ether oxygens (including phenoxy) is 1. The number of rotatable bonds is 4. The molecule has 3 aromatic rings. The van der Waals surface area contributed by atoms with E-state index in [9.17, 15) is 9.59 Å². The predicted octanol–water partition coefficient (Wildman–Crippen LogP) is 4.16. The molecule has 1 aromatic heterocycles. The Bertz CT molecular complexity index is 972. The Hall–Kier alpha value is -2.80. The highest BCUT2D eigenvalue weighted by molar-refractivity contribution is 9.10. The normalized spacial score (nSPS) is 10.6. The summed E-state index contributed by atoms with van der Waals surface area (Å²) in [5.74, 6) is 0.0432. The summed E-state index contributed by atoms with van der Waals surface area (Å²) in [5, 5.41) is 6.53. The molecule has 0 unspecified atom stereocenters. The topological polar surface area (TPSA) is 72.4 Å². The van der Waals surface area contributed by atoms with Gasteiger partial charge in [0.25, 0.3) is 5.91 Å². The van der Waals surface area contributed by atoms with E-state index >= 15 is 0 Å². The summed E-state index contributed by atoms with van der Waals surface area (Å²) in [6, 6.07) is 12.8. The van der Waals surface area contributed by atoms with Crippen LogP contribution in [0, 0.1) is 0 Å². The maximum atomic E-state index is 12.8. The molecule has 0 fully saturated rings. The second-order valence-corrected chi connectivity index (χ2v) is 6.58. The predicted molar refractivity (Wildman–Crippen MR) is 106 cm³/mol. The zero-order chi connectivity index (χ0) is 18.8. The van der Waals surface area contributed by atoms with Gasteiger partial charge in [0.1, 0.15) is 11.4 Å². The van der Waals surface area contributed by atoms with E-state index in [0.717, 1.165) is 15.4 Å². The number of aryl methyl sites for hydroxylation is 1. The van der Waals surface area contributed by atoms with Crippen LogP contribution in [0.3, 0.4) is 0 Å². The van der Waals surface area contributed by atoms with Crippen molar-refractivity contribution in [3.05, 3.63) is 52.6 Å². The minimum absolute atomic E-state index is 0.219. The third-order valence-electron chi connectivity index (χ3n) is 4.03. The van der Waals surface area contributed by atoms with Gasteiger partial charge in [0.2, 0.25) is 5.91 Å². The van der Waals surface area contributed by atoms with Crippen molar-refractivity contribution in [3.63, 3.8) is 0 Å². The first-order valence-corrected chi connectivity index (χ1v) is 8.71. The number of halogens is 1. The van der Waals surface area contributed by atoms with Crippen molar-refractivity contribution in [2.75, 3.05) is 17.7 Å². The second-order valence-electron chi connectivity index (χ2n) is 5.79. The Kier molecular flexibility index (Phi) is 4.99. The Balaban J connectivity index is 1.95. The second kappa shape index (κ2) is 7.21. The summed E-state index contributed by atoms with van der Waals surface area (Å²) in [6.45, 7) is 1.41. The van der Waals surface area contributed by atoms with Gasteiger partial charge in [-0.2, -0.15) is 0 Å². The van der Waals surface area contributed by atoms with Crippen LogP contribution in [0.4, 0.5) is 11.4 Å². The lowest BCUT2D eigenvalue weighted by Crippen LogP contribution is -2.16. The van der Waals surface area contributed by atoms with Crippen molar-refractivity contribution < 1.29 is 14.3 Å². The van der Waals surface area contributed by atoms with Gasteiger partial charge < -0.3 is 19.9 Å². The molecule has 2 N–H and O–H groups in total. The first kappa shape index (κ1) is 18.0. The van der Waals surface area contributed by atoms with Gasteiger partial charge in [-0.05, 0) is 40.2 Å². The lowest BCUT2D eigenvalue weighted by atomic mass is 10.2. The maximum absolute atomic E-state index is 12.8. The number of hydrogen-bond donors (Lipinski definition) is 2. The number of hydrogen-bond acceptors (Lipinski definition) is 3. The minimum atomic E-state index is -0.255. The van der Waals surface area contributed by atoms with E-state index in [1.54, 1.807) is 18.2 Å². The SMILES string of the molecule is COc1ccc(NC(=O)c2c(Br)c3ccccc3n2C)cc1NC(C)=O. The molecule has 0 radical (unpaired) electrons. The number of amides is 2. The molecule has 26 heavy (non-hydrogen) atoms. The van der Waals surface area contributed by atoms with Gasteiger partial charge in [0.15, 0.2) is 0 Å². The third-order valence-corrected chi connectivity index (χ3v) is 4.83. The van der Waals surface area contributed by atoms with Crippen LogP contribution in [0.5, 0.6) is 5.75 Å². The van der Waals surface area contributed by atoms with E-state index in [-0.39, 0.29) is 11.8 Å². The number of nitrogens with zero attached hydrogens (tertiary/aromatic N) is 1. The van der Waals surface area contributed by atoms with Gasteiger partial charge >= 0.3 is 0 Å². The average Bonchev–Trinajstić information content (AvgIpc) is 2.86. The molecular weight excluding hydrogens is 398 g/mol. The Labute approximate surface area is 159 Å². The summed E-state index contributed by atoms with van der Waals surface area (Å²) in [5.41, 5.74) is 2.52. The average molecular weight is 416 g/mol. The molecule has 0 aliphatic rings. The number of benzene rings is 2. The van der Waals surface area contributed by atoms with Crippen LogP contribution in [0.2, 0.25) is 0 Å². The molecule has 6 nitrogen and oxygen atoms in total. The fourth-order valence-corrected chi connectivity index (χ4v) is 3.64. The number of carbonyl (C=O) groups is 2. The molecule has 0 bridgehead atoms. The number of nitrogens with one attached hydrogen (secondary N) is 2. The largest absolute Gasteiger partial charge is 0.495 e. The van der Waals surface area contributed by atoms with Gasteiger partial charge in [-0.25, -0.2) is 0 Å². The number of aromatic nitrogens is 1. The van der Waals surface area contributed by atoms with Crippen molar-refractivity contribution in [2.24, 2.45) is 7.05 Å². The van der Waals surface area contributed by atoms with Gasteiger partial charge in [-0.1, -0.05) is 18.2 Å². The van der Waals surface area contributed by atoms with E-state index in [0.29, 0.717) is 22.8 Å². The third kappa shape index (κ3) is 3.30. The lowest BCUT2D eigenvalue weighted by Gasteiger charge is -2.12. The van der Waals surface area contributed by atoms with Crippen LogP contribution >= 0.6 is 15.9 Å². The van der Waals surface area contributed by atoms with E-state index in [1.807, 2.05) is 35.9 Å². The highest BCUT2D eigenvalue weighted by Gasteiger charge is 2.19. The number of para-hydroxylation sites is 1. The summed E-state index contributed by atoms with van der Waals surface area (Å²) < 4.78 is 7.81. The Morgan fingerprint density at radius 3 is 2.50 bits per heavy atom. The number of carbonyl (C=O) groups excluding carboxylic acids is 2. The summed E-state index contributed by atoms with van der Waals surface area (Å²) in [6.07, 6.45) is 0. The standard InChI is InChI=1S/C19H18BrN3O3/c1-11(24)21-14-10-12(8-9-16(14)26-3)22-19(25)18-17(20)13-6-4-5-7-15(13)23(18)2/h4-10H,1-3H3,(H,21,24)(H,22,25). The highest BCUT2D eigenvalue weighted by Crippen LogP contribution is 2.32. The first-order chi connectivity index (χ1) is 12.4. The molecule has 0 atom stereocenters. The molecular formula is C19H18BrN3O3. The molecule has 0 saturated carbocycles. The minimum Gasteiger partial charge on any atom is -0.495 e. The van der Waals surface area contributed by atoms with Crippen LogP contribution in [0.25, 0.3) is 10.9 Å². The van der Waals surface area contributed by atoms with Gasteiger partial charge in [0.05, 0.1) is 17.3 Å². The van der Waals surface area contributed by atoms with Crippen molar-refractivity contribution in [1.82, 2.24) is 4.57 Å². The molecule has 0 aliphatic carbocycles. The molecule has 2 aromatic carbocycles. The van der Waals surface area contributed by atoms with Crippen LogP contribution < -0.4 is 15.4 Å². The molecule has 0 saturated heterocycles. The van der Waals surface area contributed by atoms with Crippen molar-refractivity contribution >= 4 is 50.0 Å². The zero-order valence-corrected chi connectivity index (χ0v) is 16.2. The quantitative estimate of drug-likeness (QED) is 0.671. The maximum Gasteiger partial charge on any atom is 0.273 e. The highest BCUT2D eigenvalue weighted by atomic mass is 79.9. The molecule has 1 heterocycles. The smallest absolute Gasteiger partial charge is 0.273 e. The molecule has 2 amide bonds. The van der Waals surface area contributed by atoms with Gasteiger partial charge in [-0.3, -0.25) is 9.59 Å². The summed E-state index contributed by atoms with van der Waals surface area (Å²) in [4.78, 5) is 24.2. The zero-order valence-electron chi connectivity index (χ0n) is 14.6.